The number of carbonyl (C=O) groups is 2. The highest BCUT2D eigenvalue weighted by Crippen LogP contribution is 2.13. The molecule has 31 heavy (non-hydrogen) atoms. The van der Waals surface area contributed by atoms with E-state index in [-0.39, 0.29) is 12.7 Å². The maximum absolute atomic E-state index is 9.80. The molecule has 176 valence electrons. The molecule has 0 fully saturated rings. The Morgan fingerprint density at radius 1 is 1.00 bits per heavy atom. The van der Waals surface area contributed by atoms with Crippen molar-refractivity contribution in [2.45, 2.75) is 52.6 Å². The molecule has 0 aliphatic heterocycles. The summed E-state index contributed by atoms with van der Waals surface area (Å²) in [6.45, 7) is 10.7. The number of rotatable bonds is 14. The number of aliphatic hydroxyl groups is 1. The Kier molecular flexibility index (Phi) is 15.9. The van der Waals surface area contributed by atoms with Crippen LogP contribution in [0.25, 0.3) is 0 Å². The summed E-state index contributed by atoms with van der Waals surface area (Å²) in [6, 6.07) is 8.09. The fourth-order valence-electron chi connectivity index (χ4n) is 1.98. The van der Waals surface area contributed by atoms with E-state index in [0.29, 0.717) is 44.6 Å². The molecule has 9 nitrogen and oxygen atoms in total. The quantitative estimate of drug-likeness (QED) is 0.253. The van der Waals surface area contributed by atoms with Crippen LogP contribution in [0.15, 0.2) is 36.4 Å². The highest BCUT2D eigenvalue weighted by molar-refractivity contribution is 5.89. The average Bonchev–Trinajstić information content (AvgIpc) is 2.70. The molecule has 1 aromatic carbocycles. The SMILES string of the molecule is CC(C)NCC(O)COc1ccc(COCCOC(C)C)cc1.O=C(O)C=CC(=O)O. The van der Waals surface area contributed by atoms with Gasteiger partial charge in [0.05, 0.1) is 25.9 Å². The van der Waals surface area contributed by atoms with Crippen molar-refractivity contribution in [3.8, 4) is 5.75 Å². The van der Waals surface area contributed by atoms with Crippen LogP contribution in [0.4, 0.5) is 0 Å². The van der Waals surface area contributed by atoms with E-state index in [0.717, 1.165) is 11.3 Å². The van der Waals surface area contributed by atoms with E-state index in [1.54, 1.807) is 0 Å². The van der Waals surface area contributed by atoms with Gasteiger partial charge in [-0.15, -0.1) is 0 Å². The van der Waals surface area contributed by atoms with E-state index in [9.17, 15) is 14.7 Å². The minimum absolute atomic E-state index is 0.237. The minimum Gasteiger partial charge on any atom is -0.491 e. The molecule has 0 aromatic heterocycles. The van der Waals surface area contributed by atoms with Gasteiger partial charge in [-0.2, -0.15) is 0 Å². The molecule has 0 spiro atoms. The van der Waals surface area contributed by atoms with Crippen molar-refractivity contribution < 1.29 is 39.1 Å². The zero-order valence-electron chi connectivity index (χ0n) is 18.6. The molecule has 0 saturated heterocycles. The molecule has 1 unspecified atom stereocenters. The molecular weight excluding hydrogens is 406 g/mol. The third kappa shape index (κ3) is 19.3. The summed E-state index contributed by atoms with van der Waals surface area (Å²) in [6.07, 6.45) is 0.840. The molecule has 0 aliphatic carbocycles. The number of ether oxygens (including phenoxy) is 3. The van der Waals surface area contributed by atoms with Crippen LogP contribution in [-0.2, 0) is 25.7 Å². The second-order valence-corrected chi connectivity index (χ2v) is 7.15. The van der Waals surface area contributed by atoms with Crippen LogP contribution in [0.2, 0.25) is 0 Å². The Hall–Kier alpha value is -2.46. The Balaban J connectivity index is 0.000000954. The van der Waals surface area contributed by atoms with E-state index in [4.69, 9.17) is 24.4 Å². The molecule has 4 N–H and O–H groups in total. The first kappa shape index (κ1) is 28.5. The Morgan fingerprint density at radius 2 is 1.58 bits per heavy atom. The number of hydrogen-bond donors (Lipinski definition) is 4. The summed E-state index contributed by atoms with van der Waals surface area (Å²) in [7, 11) is 0. The van der Waals surface area contributed by atoms with Gasteiger partial charge < -0.3 is 34.8 Å². The Morgan fingerprint density at radius 3 is 2.06 bits per heavy atom. The summed E-state index contributed by atoms with van der Waals surface area (Å²) < 4.78 is 16.5. The summed E-state index contributed by atoms with van der Waals surface area (Å²) >= 11 is 0. The second kappa shape index (κ2) is 17.2. The lowest BCUT2D eigenvalue weighted by Gasteiger charge is -2.15. The smallest absolute Gasteiger partial charge is 0.328 e. The zero-order chi connectivity index (χ0) is 23.6. The normalized spacial score (nSPS) is 12.0. The monoisotopic (exact) mass is 441 g/mol. The van der Waals surface area contributed by atoms with Crippen LogP contribution in [0.3, 0.4) is 0 Å². The lowest BCUT2D eigenvalue weighted by Crippen LogP contribution is -2.35. The first-order valence-corrected chi connectivity index (χ1v) is 10.1. The first-order chi connectivity index (χ1) is 14.6. The lowest BCUT2D eigenvalue weighted by molar-refractivity contribution is -0.134. The van der Waals surface area contributed by atoms with Crippen molar-refractivity contribution in [2.24, 2.45) is 0 Å². The molecule has 0 heterocycles. The van der Waals surface area contributed by atoms with Crippen LogP contribution < -0.4 is 10.1 Å². The molecule has 0 saturated carbocycles. The molecule has 9 heteroatoms. The van der Waals surface area contributed by atoms with Gasteiger partial charge >= 0.3 is 11.9 Å². The topological polar surface area (TPSA) is 135 Å². The van der Waals surface area contributed by atoms with Gasteiger partial charge in [-0.1, -0.05) is 26.0 Å². The van der Waals surface area contributed by atoms with Gasteiger partial charge in [-0.3, -0.25) is 0 Å². The van der Waals surface area contributed by atoms with Crippen LogP contribution in [0, 0.1) is 0 Å². The van der Waals surface area contributed by atoms with Gasteiger partial charge in [0.2, 0.25) is 0 Å². The number of nitrogens with one attached hydrogen (secondary N) is 1. The fraction of sp³-hybridized carbons (Fsp3) is 0.545. The van der Waals surface area contributed by atoms with Gasteiger partial charge in [0, 0.05) is 24.7 Å². The second-order valence-electron chi connectivity index (χ2n) is 7.15. The number of hydrogen-bond acceptors (Lipinski definition) is 7. The first-order valence-electron chi connectivity index (χ1n) is 10.1. The summed E-state index contributed by atoms with van der Waals surface area (Å²) in [5, 5.41) is 28.6. The van der Waals surface area contributed by atoms with E-state index < -0.39 is 18.0 Å². The minimum atomic E-state index is -1.26. The van der Waals surface area contributed by atoms with Gasteiger partial charge in [0.25, 0.3) is 0 Å². The fourth-order valence-corrected chi connectivity index (χ4v) is 1.98. The highest BCUT2D eigenvalue weighted by atomic mass is 16.5. The molecule has 0 amide bonds. The van der Waals surface area contributed by atoms with Crippen molar-refractivity contribution in [3.63, 3.8) is 0 Å². The Bertz CT molecular complexity index is 627. The van der Waals surface area contributed by atoms with E-state index in [2.05, 4.69) is 5.32 Å². The van der Waals surface area contributed by atoms with Crippen molar-refractivity contribution in [3.05, 3.63) is 42.0 Å². The van der Waals surface area contributed by atoms with Gasteiger partial charge in [0.15, 0.2) is 0 Å². The molecule has 1 rings (SSSR count). The number of benzene rings is 1. The van der Waals surface area contributed by atoms with E-state index in [1.165, 1.54) is 0 Å². The molecule has 1 atom stereocenters. The molecule has 0 aliphatic rings. The molecular formula is C22H35NO8. The Labute approximate surface area is 183 Å². The number of aliphatic hydroxyl groups excluding tert-OH is 1. The molecule has 0 radical (unpaired) electrons. The standard InChI is InChI=1S/C18H31NO4.C4H4O4/c1-14(2)19-11-17(20)13-23-18-7-5-16(6-8-18)12-21-9-10-22-15(3)4;5-3(6)1-2-4(7)8/h5-8,14-15,17,19-20H,9-13H2,1-4H3;1-2H,(H,5,6)(H,7,8). The third-order valence-electron chi connectivity index (χ3n) is 3.44. The van der Waals surface area contributed by atoms with Crippen molar-refractivity contribution in [2.75, 3.05) is 26.4 Å². The van der Waals surface area contributed by atoms with Crippen LogP contribution in [0.1, 0.15) is 33.3 Å². The largest absolute Gasteiger partial charge is 0.491 e. The van der Waals surface area contributed by atoms with Crippen molar-refractivity contribution >= 4 is 11.9 Å². The van der Waals surface area contributed by atoms with Crippen LogP contribution in [0.5, 0.6) is 5.75 Å². The third-order valence-corrected chi connectivity index (χ3v) is 3.44. The predicted molar refractivity (Wildman–Crippen MR) is 116 cm³/mol. The van der Waals surface area contributed by atoms with Crippen LogP contribution in [-0.4, -0.2) is 71.9 Å². The van der Waals surface area contributed by atoms with Crippen molar-refractivity contribution in [1.29, 1.82) is 0 Å². The summed E-state index contributed by atoms with van der Waals surface area (Å²) in [5.74, 6) is -1.76. The van der Waals surface area contributed by atoms with Gasteiger partial charge in [-0.05, 0) is 31.5 Å². The lowest BCUT2D eigenvalue weighted by atomic mass is 10.2. The number of aliphatic carboxylic acids is 2. The predicted octanol–water partition coefficient (Wildman–Crippen LogP) is 2.08. The molecule has 0 bridgehead atoms. The van der Waals surface area contributed by atoms with E-state index >= 15 is 0 Å². The number of carboxylic acid groups (broad SMARTS) is 2. The zero-order valence-corrected chi connectivity index (χ0v) is 18.6. The van der Waals surface area contributed by atoms with Crippen LogP contribution >= 0.6 is 0 Å². The molecule has 1 aromatic rings. The van der Waals surface area contributed by atoms with Crippen molar-refractivity contribution in [1.82, 2.24) is 5.32 Å². The summed E-state index contributed by atoms with van der Waals surface area (Å²) in [4.78, 5) is 19.1. The highest BCUT2D eigenvalue weighted by Gasteiger charge is 2.06. The van der Waals surface area contributed by atoms with Gasteiger partial charge in [-0.25, -0.2) is 9.59 Å². The van der Waals surface area contributed by atoms with Gasteiger partial charge in [0.1, 0.15) is 18.5 Å². The average molecular weight is 442 g/mol. The maximum Gasteiger partial charge on any atom is 0.328 e. The van der Waals surface area contributed by atoms with E-state index in [1.807, 2.05) is 52.0 Å². The summed E-state index contributed by atoms with van der Waals surface area (Å²) in [5.41, 5.74) is 1.09. The maximum atomic E-state index is 9.80. The number of carboxylic acids is 2.